The molecule has 2 aromatic rings. The van der Waals surface area contributed by atoms with Gasteiger partial charge in [-0.2, -0.15) is 0 Å². The van der Waals surface area contributed by atoms with Crippen LogP contribution in [0.25, 0.3) is 0 Å². The Balaban J connectivity index is 1.72. The van der Waals surface area contributed by atoms with Crippen LogP contribution in [0.3, 0.4) is 0 Å². The lowest BCUT2D eigenvalue weighted by atomic mass is 10.2. The Morgan fingerprint density at radius 1 is 1.00 bits per heavy atom. The van der Waals surface area contributed by atoms with Crippen molar-refractivity contribution >= 4 is 11.8 Å². The van der Waals surface area contributed by atoms with Gasteiger partial charge >= 0.3 is 0 Å². The maximum Gasteiger partial charge on any atom is 0.123 e. The van der Waals surface area contributed by atoms with E-state index >= 15 is 0 Å². The van der Waals surface area contributed by atoms with E-state index < -0.39 is 0 Å². The first-order valence-corrected chi connectivity index (χ1v) is 7.33. The maximum absolute atomic E-state index is 12.8. The zero-order chi connectivity index (χ0) is 13.5. The Hall–Kier alpha value is -1.32. The van der Waals surface area contributed by atoms with E-state index in [4.69, 9.17) is 0 Å². The van der Waals surface area contributed by atoms with Gasteiger partial charge in [-0.1, -0.05) is 30.3 Å². The van der Waals surface area contributed by atoms with E-state index in [0.29, 0.717) is 0 Å². The predicted octanol–water partition coefficient (Wildman–Crippen LogP) is 4.05. The molecule has 2 aromatic carbocycles. The standard InChI is InChI=1S/C16H18FNS/c1-18(13-14-5-3-2-4-6-14)11-12-19-16-9-7-15(17)8-10-16/h2-10H,11-13H2,1H3. The summed E-state index contributed by atoms with van der Waals surface area (Å²) >= 11 is 1.76. The normalized spacial score (nSPS) is 10.9. The number of nitrogens with zero attached hydrogens (tertiary/aromatic N) is 1. The fourth-order valence-electron chi connectivity index (χ4n) is 1.82. The summed E-state index contributed by atoms with van der Waals surface area (Å²) in [6.07, 6.45) is 0. The minimum absolute atomic E-state index is 0.175. The fraction of sp³-hybridized carbons (Fsp3) is 0.250. The molecule has 0 aromatic heterocycles. The molecule has 2 rings (SSSR count). The van der Waals surface area contributed by atoms with E-state index in [1.54, 1.807) is 11.8 Å². The summed E-state index contributed by atoms with van der Waals surface area (Å²) in [6, 6.07) is 17.1. The number of rotatable bonds is 6. The first-order chi connectivity index (χ1) is 9.24. The second kappa shape index (κ2) is 7.31. The van der Waals surface area contributed by atoms with Crippen molar-refractivity contribution in [1.29, 1.82) is 0 Å². The number of hydrogen-bond donors (Lipinski definition) is 0. The van der Waals surface area contributed by atoms with Crippen molar-refractivity contribution < 1.29 is 4.39 Å². The second-order valence-corrected chi connectivity index (χ2v) is 5.69. The third-order valence-corrected chi connectivity index (χ3v) is 3.84. The van der Waals surface area contributed by atoms with E-state index in [1.165, 1.54) is 17.7 Å². The molecule has 0 saturated carbocycles. The van der Waals surface area contributed by atoms with Crippen molar-refractivity contribution in [3.8, 4) is 0 Å². The van der Waals surface area contributed by atoms with Gasteiger partial charge in [0.1, 0.15) is 5.82 Å². The second-order valence-electron chi connectivity index (χ2n) is 4.53. The molecule has 1 nitrogen and oxygen atoms in total. The van der Waals surface area contributed by atoms with E-state index in [0.717, 1.165) is 23.7 Å². The van der Waals surface area contributed by atoms with Crippen LogP contribution in [0.4, 0.5) is 4.39 Å². The highest BCUT2D eigenvalue weighted by atomic mass is 32.2. The van der Waals surface area contributed by atoms with Crippen LogP contribution >= 0.6 is 11.8 Å². The molecule has 0 radical (unpaired) electrons. The lowest BCUT2D eigenvalue weighted by Crippen LogP contribution is -2.20. The van der Waals surface area contributed by atoms with Crippen molar-refractivity contribution in [2.45, 2.75) is 11.4 Å². The van der Waals surface area contributed by atoms with Crippen molar-refractivity contribution in [1.82, 2.24) is 4.90 Å². The van der Waals surface area contributed by atoms with Crippen LogP contribution in [0.5, 0.6) is 0 Å². The topological polar surface area (TPSA) is 3.24 Å². The molecule has 0 bridgehead atoms. The average Bonchev–Trinajstić information content (AvgIpc) is 2.42. The highest BCUT2D eigenvalue weighted by molar-refractivity contribution is 7.99. The van der Waals surface area contributed by atoms with Crippen LogP contribution in [0, 0.1) is 5.82 Å². The zero-order valence-electron chi connectivity index (χ0n) is 11.1. The van der Waals surface area contributed by atoms with Gasteiger partial charge in [-0.25, -0.2) is 4.39 Å². The number of halogens is 1. The Morgan fingerprint density at radius 3 is 2.37 bits per heavy atom. The van der Waals surface area contributed by atoms with E-state index in [9.17, 15) is 4.39 Å². The largest absolute Gasteiger partial charge is 0.301 e. The number of benzene rings is 2. The third kappa shape index (κ3) is 5.05. The summed E-state index contributed by atoms with van der Waals surface area (Å²) in [5.41, 5.74) is 1.33. The monoisotopic (exact) mass is 275 g/mol. The van der Waals surface area contributed by atoms with Crippen LogP contribution in [-0.4, -0.2) is 24.2 Å². The van der Waals surface area contributed by atoms with E-state index in [-0.39, 0.29) is 5.82 Å². The summed E-state index contributed by atoms with van der Waals surface area (Å²) < 4.78 is 12.8. The molecule has 3 heteroatoms. The summed E-state index contributed by atoms with van der Waals surface area (Å²) in [5, 5.41) is 0. The van der Waals surface area contributed by atoms with Gasteiger partial charge in [-0.05, 0) is 36.9 Å². The zero-order valence-corrected chi connectivity index (χ0v) is 11.9. The van der Waals surface area contributed by atoms with Crippen LogP contribution in [0.2, 0.25) is 0 Å². The van der Waals surface area contributed by atoms with Gasteiger partial charge < -0.3 is 4.90 Å². The highest BCUT2D eigenvalue weighted by Gasteiger charge is 2.01. The predicted molar refractivity (Wildman–Crippen MR) is 79.9 cm³/mol. The van der Waals surface area contributed by atoms with Gasteiger partial charge in [0.05, 0.1) is 0 Å². The van der Waals surface area contributed by atoms with E-state index in [2.05, 4.69) is 36.2 Å². The Bertz CT molecular complexity index is 484. The molecule has 0 amide bonds. The summed E-state index contributed by atoms with van der Waals surface area (Å²) in [5.74, 6) is 0.833. The van der Waals surface area contributed by atoms with Gasteiger partial charge in [-0.3, -0.25) is 0 Å². The first kappa shape index (κ1) is 14.1. The minimum Gasteiger partial charge on any atom is -0.301 e. The molecule has 0 aliphatic rings. The number of hydrogen-bond acceptors (Lipinski definition) is 2. The molecule has 0 aliphatic carbocycles. The Morgan fingerprint density at radius 2 is 1.68 bits per heavy atom. The lowest BCUT2D eigenvalue weighted by molar-refractivity contribution is 0.348. The highest BCUT2D eigenvalue weighted by Crippen LogP contribution is 2.18. The van der Waals surface area contributed by atoms with Gasteiger partial charge in [0.2, 0.25) is 0 Å². The van der Waals surface area contributed by atoms with Gasteiger partial charge in [0, 0.05) is 23.7 Å². The smallest absolute Gasteiger partial charge is 0.123 e. The summed E-state index contributed by atoms with van der Waals surface area (Å²) in [4.78, 5) is 3.42. The molecule has 0 N–H and O–H groups in total. The van der Waals surface area contributed by atoms with Gasteiger partial charge in [0.15, 0.2) is 0 Å². The van der Waals surface area contributed by atoms with Gasteiger partial charge in [-0.15, -0.1) is 11.8 Å². The Kier molecular flexibility index (Phi) is 5.43. The lowest BCUT2D eigenvalue weighted by Gasteiger charge is -2.16. The van der Waals surface area contributed by atoms with Crippen LogP contribution in [0.1, 0.15) is 5.56 Å². The molecule has 0 spiro atoms. The molecule has 100 valence electrons. The van der Waals surface area contributed by atoms with Crippen molar-refractivity contribution in [3.63, 3.8) is 0 Å². The molecule has 0 atom stereocenters. The molecule has 0 heterocycles. The van der Waals surface area contributed by atoms with Crippen molar-refractivity contribution in [2.75, 3.05) is 19.3 Å². The third-order valence-electron chi connectivity index (χ3n) is 2.85. The van der Waals surface area contributed by atoms with Crippen LogP contribution < -0.4 is 0 Å². The maximum atomic E-state index is 12.8. The SMILES string of the molecule is CN(CCSc1ccc(F)cc1)Cc1ccccc1. The quantitative estimate of drug-likeness (QED) is 0.732. The van der Waals surface area contributed by atoms with Crippen molar-refractivity contribution in [3.05, 3.63) is 66.0 Å². The summed E-state index contributed by atoms with van der Waals surface area (Å²) in [6.45, 7) is 1.97. The number of thioether (sulfide) groups is 1. The van der Waals surface area contributed by atoms with Gasteiger partial charge in [0.25, 0.3) is 0 Å². The minimum atomic E-state index is -0.175. The molecule has 0 fully saturated rings. The van der Waals surface area contributed by atoms with E-state index in [1.807, 2.05) is 18.2 Å². The average molecular weight is 275 g/mol. The molecule has 0 unspecified atom stereocenters. The molecule has 0 saturated heterocycles. The van der Waals surface area contributed by atoms with Crippen LogP contribution in [0.15, 0.2) is 59.5 Å². The van der Waals surface area contributed by atoms with Crippen LogP contribution in [-0.2, 0) is 6.54 Å². The first-order valence-electron chi connectivity index (χ1n) is 6.35. The molecular weight excluding hydrogens is 257 g/mol. The summed E-state index contributed by atoms with van der Waals surface area (Å²) in [7, 11) is 2.12. The molecular formula is C16H18FNS. The molecule has 0 aliphatic heterocycles. The molecule has 19 heavy (non-hydrogen) atoms. The van der Waals surface area contributed by atoms with Crippen molar-refractivity contribution in [2.24, 2.45) is 0 Å². The fourth-order valence-corrected chi connectivity index (χ4v) is 2.79. The Labute approximate surface area is 118 Å².